The molecule has 0 aliphatic carbocycles. The summed E-state index contributed by atoms with van der Waals surface area (Å²) in [6, 6.07) is 3.94. The minimum Gasteiger partial charge on any atom is -0.506 e. The number of nitrogens with two attached hydrogens (primary N) is 1. The molecule has 1 rings (SSSR count). The third kappa shape index (κ3) is 4.46. The summed E-state index contributed by atoms with van der Waals surface area (Å²) in [6.45, 7) is 0. The molecule has 1 aromatic carbocycles. The molecule has 1 atom stereocenters. The van der Waals surface area contributed by atoms with Gasteiger partial charge in [0.25, 0.3) is 0 Å². The SMILES string of the molecule is CSCC[C@H](N)C(=O)Nc1ccc(O)c(Cl)c1. The maximum Gasteiger partial charge on any atom is 0.241 e. The highest BCUT2D eigenvalue weighted by molar-refractivity contribution is 7.98. The summed E-state index contributed by atoms with van der Waals surface area (Å²) < 4.78 is 0. The van der Waals surface area contributed by atoms with Crippen LogP contribution in [0.15, 0.2) is 18.2 Å². The van der Waals surface area contributed by atoms with Crippen LogP contribution in [0.2, 0.25) is 5.02 Å². The molecule has 0 aliphatic heterocycles. The number of amides is 1. The van der Waals surface area contributed by atoms with Crippen molar-refractivity contribution in [1.29, 1.82) is 0 Å². The van der Waals surface area contributed by atoms with Gasteiger partial charge in [0, 0.05) is 5.69 Å². The van der Waals surface area contributed by atoms with E-state index in [0.717, 1.165) is 5.75 Å². The molecule has 0 aliphatic rings. The van der Waals surface area contributed by atoms with Crippen LogP contribution in [-0.4, -0.2) is 29.1 Å². The number of anilines is 1. The highest BCUT2D eigenvalue weighted by atomic mass is 35.5. The van der Waals surface area contributed by atoms with Crippen molar-refractivity contribution >= 4 is 35.0 Å². The fourth-order valence-electron chi connectivity index (χ4n) is 1.20. The molecule has 0 saturated carbocycles. The van der Waals surface area contributed by atoms with Gasteiger partial charge in [0.1, 0.15) is 5.75 Å². The van der Waals surface area contributed by atoms with Gasteiger partial charge in [-0.15, -0.1) is 0 Å². The lowest BCUT2D eigenvalue weighted by molar-refractivity contribution is -0.117. The average Bonchev–Trinajstić information content (AvgIpc) is 2.30. The zero-order valence-corrected chi connectivity index (χ0v) is 11.0. The molecular formula is C11H15ClN2O2S. The largest absolute Gasteiger partial charge is 0.506 e. The van der Waals surface area contributed by atoms with Crippen LogP contribution >= 0.6 is 23.4 Å². The Labute approximate surface area is 110 Å². The van der Waals surface area contributed by atoms with E-state index < -0.39 is 6.04 Å². The van der Waals surface area contributed by atoms with Crippen LogP contribution in [0.5, 0.6) is 5.75 Å². The Balaban J connectivity index is 2.58. The number of phenols is 1. The topological polar surface area (TPSA) is 75.4 Å². The van der Waals surface area contributed by atoms with Gasteiger partial charge >= 0.3 is 0 Å². The van der Waals surface area contributed by atoms with E-state index in [9.17, 15) is 9.90 Å². The van der Waals surface area contributed by atoms with Gasteiger partial charge in [-0.2, -0.15) is 11.8 Å². The molecule has 0 heterocycles. The van der Waals surface area contributed by atoms with Crippen molar-refractivity contribution in [3.63, 3.8) is 0 Å². The van der Waals surface area contributed by atoms with Crippen molar-refractivity contribution in [3.8, 4) is 5.75 Å². The van der Waals surface area contributed by atoms with Gasteiger partial charge in [-0.05, 0) is 36.6 Å². The first-order chi connectivity index (χ1) is 8.04. The van der Waals surface area contributed by atoms with Crippen LogP contribution in [0.3, 0.4) is 0 Å². The number of thioether (sulfide) groups is 1. The molecule has 0 radical (unpaired) electrons. The normalized spacial score (nSPS) is 12.2. The van der Waals surface area contributed by atoms with Gasteiger partial charge in [-0.3, -0.25) is 4.79 Å². The van der Waals surface area contributed by atoms with Crippen molar-refractivity contribution < 1.29 is 9.90 Å². The Bertz CT molecular complexity index is 401. The molecule has 4 N–H and O–H groups in total. The molecule has 1 amide bonds. The summed E-state index contributed by atoms with van der Waals surface area (Å²) >= 11 is 7.37. The Morgan fingerprint density at radius 2 is 2.35 bits per heavy atom. The van der Waals surface area contributed by atoms with Crippen molar-refractivity contribution in [2.75, 3.05) is 17.3 Å². The van der Waals surface area contributed by atoms with Crippen LogP contribution in [-0.2, 0) is 4.79 Å². The van der Waals surface area contributed by atoms with Gasteiger partial charge < -0.3 is 16.2 Å². The second kappa shape index (κ2) is 6.74. The van der Waals surface area contributed by atoms with Crippen molar-refractivity contribution in [3.05, 3.63) is 23.2 Å². The van der Waals surface area contributed by atoms with Gasteiger partial charge in [-0.1, -0.05) is 11.6 Å². The highest BCUT2D eigenvalue weighted by Gasteiger charge is 2.13. The molecule has 17 heavy (non-hydrogen) atoms. The first-order valence-corrected chi connectivity index (χ1v) is 6.85. The smallest absolute Gasteiger partial charge is 0.241 e. The summed E-state index contributed by atoms with van der Waals surface area (Å²) in [7, 11) is 0. The number of carbonyl (C=O) groups is 1. The number of hydrogen-bond acceptors (Lipinski definition) is 4. The average molecular weight is 275 g/mol. The third-order valence-corrected chi connectivity index (χ3v) is 3.13. The second-order valence-corrected chi connectivity index (χ2v) is 4.94. The molecule has 0 spiro atoms. The van der Waals surface area contributed by atoms with Crippen LogP contribution in [0.4, 0.5) is 5.69 Å². The highest BCUT2D eigenvalue weighted by Crippen LogP contribution is 2.26. The standard InChI is InChI=1S/C11H15ClN2O2S/c1-17-5-4-9(13)11(16)14-7-2-3-10(15)8(12)6-7/h2-3,6,9,15H,4-5,13H2,1H3,(H,14,16)/t9-/m0/s1. The number of halogens is 1. The first-order valence-electron chi connectivity index (χ1n) is 5.08. The molecule has 94 valence electrons. The summed E-state index contributed by atoms with van der Waals surface area (Å²) in [4.78, 5) is 11.7. The molecule has 4 nitrogen and oxygen atoms in total. The molecule has 0 bridgehead atoms. The first kappa shape index (κ1) is 14.2. The Morgan fingerprint density at radius 1 is 1.65 bits per heavy atom. The lowest BCUT2D eigenvalue weighted by Crippen LogP contribution is -2.36. The molecule has 6 heteroatoms. The van der Waals surface area contributed by atoms with E-state index in [1.807, 2.05) is 6.26 Å². The lowest BCUT2D eigenvalue weighted by atomic mass is 10.2. The fraction of sp³-hybridized carbons (Fsp3) is 0.364. The number of aromatic hydroxyl groups is 1. The molecule has 1 aromatic rings. The van der Waals surface area contributed by atoms with Gasteiger partial charge in [0.05, 0.1) is 11.1 Å². The Kier molecular flexibility index (Phi) is 5.61. The number of nitrogens with one attached hydrogen (secondary N) is 1. The Morgan fingerprint density at radius 3 is 2.94 bits per heavy atom. The van der Waals surface area contributed by atoms with E-state index in [0.29, 0.717) is 12.1 Å². The second-order valence-electron chi connectivity index (χ2n) is 3.54. The predicted octanol–water partition coefficient (Wildman–Crippen LogP) is 2.06. The van der Waals surface area contributed by atoms with Crippen LogP contribution in [0.25, 0.3) is 0 Å². The summed E-state index contributed by atoms with van der Waals surface area (Å²) in [5.74, 6) is 0.572. The zero-order chi connectivity index (χ0) is 12.8. The summed E-state index contributed by atoms with van der Waals surface area (Å²) in [6.07, 6.45) is 2.59. The lowest BCUT2D eigenvalue weighted by Gasteiger charge is -2.11. The number of benzene rings is 1. The number of carbonyl (C=O) groups excluding carboxylic acids is 1. The third-order valence-electron chi connectivity index (χ3n) is 2.18. The van der Waals surface area contributed by atoms with Gasteiger partial charge in [-0.25, -0.2) is 0 Å². The summed E-state index contributed by atoms with van der Waals surface area (Å²) in [5, 5.41) is 12.1. The van der Waals surface area contributed by atoms with E-state index in [1.54, 1.807) is 17.8 Å². The fourth-order valence-corrected chi connectivity index (χ4v) is 1.87. The van der Waals surface area contributed by atoms with Crippen molar-refractivity contribution in [2.45, 2.75) is 12.5 Å². The number of phenolic OH excluding ortho intramolecular Hbond substituents is 1. The Hall–Kier alpha value is -0.910. The maximum atomic E-state index is 11.7. The minimum absolute atomic E-state index is 0.0173. The van der Waals surface area contributed by atoms with Gasteiger partial charge in [0.2, 0.25) is 5.91 Å². The molecule has 0 aromatic heterocycles. The van der Waals surface area contributed by atoms with Crippen LogP contribution in [0.1, 0.15) is 6.42 Å². The summed E-state index contributed by atoms with van der Waals surface area (Å²) in [5.41, 5.74) is 6.24. The van der Waals surface area contributed by atoms with E-state index in [4.69, 9.17) is 17.3 Å². The van der Waals surface area contributed by atoms with Gasteiger partial charge in [0.15, 0.2) is 0 Å². The monoisotopic (exact) mass is 274 g/mol. The van der Waals surface area contributed by atoms with Crippen LogP contribution < -0.4 is 11.1 Å². The maximum absolute atomic E-state index is 11.7. The minimum atomic E-state index is -0.532. The predicted molar refractivity (Wildman–Crippen MR) is 72.7 cm³/mol. The molecule has 0 fully saturated rings. The zero-order valence-electron chi connectivity index (χ0n) is 9.44. The van der Waals surface area contributed by atoms with E-state index in [2.05, 4.69) is 5.32 Å². The van der Waals surface area contributed by atoms with E-state index in [1.165, 1.54) is 12.1 Å². The quantitative estimate of drug-likeness (QED) is 0.719. The molecule has 0 saturated heterocycles. The van der Waals surface area contributed by atoms with E-state index in [-0.39, 0.29) is 16.7 Å². The van der Waals surface area contributed by atoms with Crippen molar-refractivity contribution in [1.82, 2.24) is 0 Å². The van der Waals surface area contributed by atoms with Crippen LogP contribution in [0, 0.1) is 0 Å². The number of hydrogen-bond donors (Lipinski definition) is 3. The molecular weight excluding hydrogens is 260 g/mol. The van der Waals surface area contributed by atoms with E-state index >= 15 is 0 Å². The number of rotatable bonds is 5. The molecule has 0 unspecified atom stereocenters. The van der Waals surface area contributed by atoms with Crippen molar-refractivity contribution in [2.24, 2.45) is 5.73 Å².